The van der Waals surface area contributed by atoms with Gasteiger partial charge in [-0.25, -0.2) is 9.97 Å². The van der Waals surface area contributed by atoms with Gasteiger partial charge in [0.05, 0.1) is 0 Å². The van der Waals surface area contributed by atoms with Gasteiger partial charge >= 0.3 is 5.91 Å². The minimum absolute atomic E-state index is 0.0250. The minimum Gasteiger partial charge on any atom is -0.398 e. The lowest BCUT2D eigenvalue weighted by molar-refractivity contribution is 0.0968. The molecule has 2 heterocycles. The largest absolute Gasteiger partial charge is 0.398 e. The van der Waals surface area contributed by atoms with Gasteiger partial charge in [0.25, 0.3) is 0 Å². The summed E-state index contributed by atoms with van der Waals surface area (Å²) in [5, 5.41) is 13.9. The summed E-state index contributed by atoms with van der Waals surface area (Å²) in [6.45, 7) is 0. The number of anilines is 1. The third-order valence-electron chi connectivity index (χ3n) is 5.67. The summed E-state index contributed by atoms with van der Waals surface area (Å²) in [4.78, 5) is 26.5. The summed E-state index contributed by atoms with van der Waals surface area (Å²) in [6.07, 6.45) is 2.59. The Balaban J connectivity index is 1.62. The number of carbonyl (C=O) groups is 1. The third-order valence-corrected chi connectivity index (χ3v) is 6.43. The van der Waals surface area contributed by atoms with Crippen LogP contribution in [0.25, 0.3) is 0 Å². The summed E-state index contributed by atoms with van der Waals surface area (Å²) in [5.41, 5.74) is 2.79. The predicted molar refractivity (Wildman–Crippen MR) is 139 cm³/mol. The number of nitrogens with one attached hydrogen (secondary N) is 1. The van der Waals surface area contributed by atoms with E-state index >= 15 is 0 Å². The Kier molecular flexibility index (Phi) is 6.63. The van der Waals surface area contributed by atoms with Crippen LogP contribution in [0, 0.1) is 0 Å². The van der Waals surface area contributed by atoms with E-state index in [0.29, 0.717) is 10.8 Å². The first-order valence-corrected chi connectivity index (χ1v) is 12.0. The molecule has 0 saturated carbocycles. The van der Waals surface area contributed by atoms with Gasteiger partial charge in [-0.05, 0) is 16.7 Å². The van der Waals surface area contributed by atoms with E-state index in [2.05, 4.69) is 57.0 Å². The second-order valence-electron chi connectivity index (χ2n) is 7.78. The predicted octanol–water partition coefficient (Wildman–Crippen LogP) is 4.83. The van der Waals surface area contributed by atoms with Crippen LogP contribution in [0.3, 0.4) is 0 Å². The van der Waals surface area contributed by atoms with Crippen molar-refractivity contribution in [2.75, 3.05) is 12.4 Å². The van der Waals surface area contributed by atoms with Gasteiger partial charge in [-0.2, -0.15) is 9.78 Å². The van der Waals surface area contributed by atoms with Gasteiger partial charge in [0.15, 0.2) is 10.8 Å². The third kappa shape index (κ3) is 4.39. The SMILES string of the molecule is CON=C(C(=O)n1cncn1)c1csc(NC(c2ccccc2)(c2ccccc2)c2ccccc2)n1. The van der Waals surface area contributed by atoms with Crippen LogP contribution in [-0.4, -0.2) is 38.5 Å². The van der Waals surface area contributed by atoms with Crippen LogP contribution < -0.4 is 5.32 Å². The van der Waals surface area contributed by atoms with E-state index in [0.717, 1.165) is 21.4 Å². The zero-order valence-corrected chi connectivity index (χ0v) is 20.2. The molecule has 5 aromatic rings. The smallest absolute Gasteiger partial charge is 0.303 e. The van der Waals surface area contributed by atoms with E-state index in [1.807, 2.05) is 54.6 Å². The van der Waals surface area contributed by atoms with Gasteiger partial charge in [-0.3, -0.25) is 4.79 Å². The normalized spacial score (nSPS) is 11.8. The van der Waals surface area contributed by atoms with Crippen molar-refractivity contribution in [3.05, 3.63) is 131 Å². The molecule has 9 heteroatoms. The summed E-state index contributed by atoms with van der Waals surface area (Å²) in [7, 11) is 1.38. The Morgan fingerprint density at radius 2 is 1.47 bits per heavy atom. The summed E-state index contributed by atoms with van der Waals surface area (Å²) in [5.74, 6) is -0.494. The Hall–Kier alpha value is -4.63. The molecule has 0 bridgehead atoms. The summed E-state index contributed by atoms with van der Waals surface area (Å²) >= 11 is 1.37. The lowest BCUT2D eigenvalue weighted by Crippen LogP contribution is -2.38. The number of rotatable bonds is 8. The number of hydrogen-bond acceptors (Lipinski definition) is 8. The molecule has 0 radical (unpaired) electrons. The minimum atomic E-state index is -0.743. The van der Waals surface area contributed by atoms with Crippen LogP contribution in [-0.2, 0) is 10.4 Å². The first-order chi connectivity index (χ1) is 17.7. The van der Waals surface area contributed by atoms with Gasteiger partial charge in [-0.1, -0.05) is 96.2 Å². The summed E-state index contributed by atoms with van der Waals surface area (Å²) < 4.78 is 1.09. The van der Waals surface area contributed by atoms with Gasteiger partial charge in [0.1, 0.15) is 31.0 Å². The Morgan fingerprint density at radius 3 is 1.94 bits per heavy atom. The van der Waals surface area contributed by atoms with Crippen molar-refractivity contribution < 1.29 is 9.63 Å². The number of benzene rings is 3. The highest BCUT2D eigenvalue weighted by Crippen LogP contribution is 2.40. The molecule has 0 aliphatic heterocycles. The highest BCUT2D eigenvalue weighted by Gasteiger charge is 2.37. The fraction of sp³-hybridized carbons (Fsp3) is 0.0741. The topological polar surface area (TPSA) is 94.3 Å². The lowest BCUT2D eigenvalue weighted by Gasteiger charge is -2.36. The molecular formula is C27H22N6O2S. The van der Waals surface area contributed by atoms with Crippen LogP contribution in [0.4, 0.5) is 5.13 Å². The van der Waals surface area contributed by atoms with Crippen molar-refractivity contribution >= 4 is 28.1 Å². The number of aromatic nitrogens is 4. The number of nitrogens with zero attached hydrogens (tertiary/aromatic N) is 5. The molecule has 0 saturated heterocycles. The highest BCUT2D eigenvalue weighted by molar-refractivity contribution is 7.14. The number of oxime groups is 1. The quantitative estimate of drug-likeness (QED) is 0.189. The molecule has 36 heavy (non-hydrogen) atoms. The Morgan fingerprint density at radius 1 is 0.917 bits per heavy atom. The number of thiazole rings is 1. The second kappa shape index (κ2) is 10.3. The second-order valence-corrected chi connectivity index (χ2v) is 8.64. The monoisotopic (exact) mass is 494 g/mol. The molecule has 178 valence electrons. The van der Waals surface area contributed by atoms with E-state index in [-0.39, 0.29) is 5.71 Å². The van der Waals surface area contributed by atoms with Crippen LogP contribution in [0.5, 0.6) is 0 Å². The van der Waals surface area contributed by atoms with E-state index < -0.39 is 11.4 Å². The first-order valence-electron chi connectivity index (χ1n) is 11.1. The molecule has 1 N–H and O–H groups in total. The van der Waals surface area contributed by atoms with Crippen molar-refractivity contribution in [1.82, 2.24) is 19.7 Å². The maximum Gasteiger partial charge on any atom is 0.303 e. The molecule has 0 aliphatic carbocycles. The number of carbonyl (C=O) groups excluding carboxylic acids is 1. The Bertz CT molecular complexity index is 1360. The van der Waals surface area contributed by atoms with Gasteiger partial charge in [-0.15, -0.1) is 11.3 Å². The van der Waals surface area contributed by atoms with Gasteiger partial charge in [0.2, 0.25) is 0 Å². The molecule has 0 spiro atoms. The van der Waals surface area contributed by atoms with Crippen molar-refractivity contribution in [3.63, 3.8) is 0 Å². The van der Waals surface area contributed by atoms with Crippen molar-refractivity contribution in [1.29, 1.82) is 0 Å². The fourth-order valence-corrected chi connectivity index (χ4v) is 4.84. The van der Waals surface area contributed by atoms with E-state index in [4.69, 9.17) is 9.82 Å². The zero-order valence-electron chi connectivity index (χ0n) is 19.4. The van der Waals surface area contributed by atoms with Crippen molar-refractivity contribution in [2.24, 2.45) is 5.16 Å². The molecule has 5 rings (SSSR count). The van der Waals surface area contributed by atoms with E-state index in [1.54, 1.807) is 5.38 Å². The Labute approximate surface area is 211 Å². The van der Waals surface area contributed by atoms with Crippen LogP contribution in [0.2, 0.25) is 0 Å². The highest BCUT2D eigenvalue weighted by atomic mass is 32.1. The summed E-state index contributed by atoms with van der Waals surface area (Å²) in [6, 6.07) is 30.6. The molecule has 8 nitrogen and oxygen atoms in total. The average molecular weight is 495 g/mol. The molecule has 0 amide bonds. The molecule has 0 aliphatic rings. The molecule has 3 aromatic carbocycles. The van der Waals surface area contributed by atoms with Crippen LogP contribution in [0.1, 0.15) is 27.2 Å². The lowest BCUT2D eigenvalue weighted by atomic mass is 9.77. The first kappa shape index (κ1) is 23.1. The fourth-order valence-electron chi connectivity index (χ4n) is 4.09. The molecule has 0 fully saturated rings. The van der Waals surface area contributed by atoms with E-state index in [1.165, 1.54) is 31.1 Å². The van der Waals surface area contributed by atoms with Crippen LogP contribution >= 0.6 is 11.3 Å². The average Bonchev–Trinajstić information content (AvgIpc) is 3.64. The van der Waals surface area contributed by atoms with E-state index in [9.17, 15) is 4.79 Å². The standard InChI is InChI=1S/C27H22N6O2S/c1-35-32-24(25(34)33-19-28-18-29-33)23-17-36-26(30-23)31-27(20-11-5-2-6-12-20,21-13-7-3-8-14-21)22-15-9-4-10-16-22/h2-19H,1H3,(H,30,31). The van der Waals surface area contributed by atoms with Crippen LogP contribution in [0.15, 0.2) is 114 Å². The molecular weight excluding hydrogens is 472 g/mol. The van der Waals surface area contributed by atoms with Gasteiger partial charge in [0, 0.05) is 5.38 Å². The van der Waals surface area contributed by atoms with Crippen molar-refractivity contribution in [2.45, 2.75) is 5.54 Å². The molecule has 0 unspecified atom stereocenters. The zero-order chi connectivity index (χ0) is 24.8. The maximum atomic E-state index is 12.9. The molecule has 2 aromatic heterocycles. The molecule has 0 atom stereocenters. The number of hydrogen-bond donors (Lipinski definition) is 1. The van der Waals surface area contributed by atoms with Crippen molar-refractivity contribution in [3.8, 4) is 0 Å². The van der Waals surface area contributed by atoms with Gasteiger partial charge < -0.3 is 10.2 Å². The maximum absolute atomic E-state index is 12.9.